The predicted molar refractivity (Wildman–Crippen MR) is 69.9 cm³/mol. The summed E-state index contributed by atoms with van der Waals surface area (Å²) in [5.74, 6) is 1.83. The van der Waals surface area contributed by atoms with Gasteiger partial charge >= 0.3 is 0 Å². The standard InChI is InChI=1S/C12H12ClN3O2/c1-17-10-3-9(4-11(5-10)18-2)16-12-14-6-8(13)7-15-12/h3-7H,1-2H3,(H,14,15,16). The topological polar surface area (TPSA) is 56.3 Å². The first-order valence-corrected chi connectivity index (χ1v) is 5.56. The fourth-order valence-electron chi connectivity index (χ4n) is 1.39. The van der Waals surface area contributed by atoms with Crippen molar-refractivity contribution in [3.63, 3.8) is 0 Å². The number of aromatic nitrogens is 2. The van der Waals surface area contributed by atoms with E-state index < -0.39 is 0 Å². The van der Waals surface area contributed by atoms with Crippen molar-refractivity contribution in [2.45, 2.75) is 0 Å². The van der Waals surface area contributed by atoms with Crippen LogP contribution < -0.4 is 14.8 Å². The average Bonchev–Trinajstić information content (AvgIpc) is 2.41. The van der Waals surface area contributed by atoms with E-state index in [2.05, 4.69) is 15.3 Å². The second-order valence-electron chi connectivity index (χ2n) is 3.45. The lowest BCUT2D eigenvalue weighted by Crippen LogP contribution is -1.97. The summed E-state index contributed by atoms with van der Waals surface area (Å²) in [4.78, 5) is 8.10. The number of halogens is 1. The third-order valence-corrected chi connectivity index (χ3v) is 2.42. The number of hydrogen-bond donors (Lipinski definition) is 1. The van der Waals surface area contributed by atoms with E-state index >= 15 is 0 Å². The third-order valence-electron chi connectivity index (χ3n) is 2.23. The van der Waals surface area contributed by atoms with Gasteiger partial charge in [-0.25, -0.2) is 9.97 Å². The number of nitrogens with zero attached hydrogens (tertiary/aromatic N) is 2. The number of nitrogens with one attached hydrogen (secondary N) is 1. The van der Waals surface area contributed by atoms with E-state index in [1.54, 1.807) is 20.3 Å². The molecule has 0 amide bonds. The van der Waals surface area contributed by atoms with Crippen LogP contribution in [0.4, 0.5) is 11.6 Å². The van der Waals surface area contributed by atoms with Crippen molar-refractivity contribution >= 4 is 23.2 Å². The molecule has 0 saturated heterocycles. The molecule has 0 spiro atoms. The Morgan fingerprint density at radius 1 is 1.00 bits per heavy atom. The molecule has 0 atom stereocenters. The van der Waals surface area contributed by atoms with E-state index in [9.17, 15) is 0 Å². The van der Waals surface area contributed by atoms with Gasteiger partial charge in [0.15, 0.2) is 0 Å². The highest BCUT2D eigenvalue weighted by molar-refractivity contribution is 6.30. The Morgan fingerprint density at radius 2 is 1.56 bits per heavy atom. The van der Waals surface area contributed by atoms with E-state index in [1.165, 1.54) is 12.4 Å². The maximum absolute atomic E-state index is 5.72. The lowest BCUT2D eigenvalue weighted by Gasteiger charge is -2.09. The van der Waals surface area contributed by atoms with Crippen LogP contribution in [0.15, 0.2) is 30.6 Å². The summed E-state index contributed by atoms with van der Waals surface area (Å²) in [6.07, 6.45) is 3.04. The minimum atomic E-state index is 0.453. The second kappa shape index (κ2) is 5.55. The molecule has 1 heterocycles. The quantitative estimate of drug-likeness (QED) is 0.921. The van der Waals surface area contributed by atoms with Crippen LogP contribution in [-0.4, -0.2) is 24.2 Å². The van der Waals surface area contributed by atoms with Gasteiger partial charge in [-0.05, 0) is 0 Å². The fraction of sp³-hybridized carbons (Fsp3) is 0.167. The lowest BCUT2D eigenvalue weighted by molar-refractivity contribution is 0.395. The largest absolute Gasteiger partial charge is 0.497 e. The second-order valence-corrected chi connectivity index (χ2v) is 3.89. The van der Waals surface area contributed by atoms with Gasteiger partial charge in [-0.2, -0.15) is 0 Å². The van der Waals surface area contributed by atoms with Crippen LogP contribution in [0.25, 0.3) is 0 Å². The molecule has 0 aliphatic heterocycles. The zero-order valence-electron chi connectivity index (χ0n) is 9.98. The molecular weight excluding hydrogens is 254 g/mol. The highest BCUT2D eigenvalue weighted by Crippen LogP contribution is 2.27. The van der Waals surface area contributed by atoms with Crippen LogP contribution >= 0.6 is 11.6 Å². The van der Waals surface area contributed by atoms with E-state index in [0.717, 1.165) is 5.69 Å². The molecule has 1 aromatic heterocycles. The maximum Gasteiger partial charge on any atom is 0.227 e. The van der Waals surface area contributed by atoms with E-state index in [0.29, 0.717) is 22.5 Å². The van der Waals surface area contributed by atoms with Crippen molar-refractivity contribution in [1.82, 2.24) is 9.97 Å². The summed E-state index contributed by atoms with van der Waals surface area (Å²) in [7, 11) is 3.19. The number of anilines is 2. The summed E-state index contributed by atoms with van der Waals surface area (Å²) in [5, 5.41) is 3.53. The van der Waals surface area contributed by atoms with Crippen LogP contribution in [0.3, 0.4) is 0 Å². The Bertz CT molecular complexity index is 509. The lowest BCUT2D eigenvalue weighted by atomic mass is 10.3. The fourth-order valence-corrected chi connectivity index (χ4v) is 1.48. The summed E-state index contributed by atoms with van der Waals surface area (Å²) in [6, 6.07) is 5.43. The zero-order valence-corrected chi connectivity index (χ0v) is 10.7. The predicted octanol–water partition coefficient (Wildman–Crippen LogP) is 2.89. The summed E-state index contributed by atoms with van der Waals surface area (Å²) in [5.41, 5.74) is 0.772. The normalized spacial score (nSPS) is 9.94. The number of benzene rings is 1. The number of ether oxygens (including phenoxy) is 2. The van der Waals surface area contributed by atoms with Gasteiger partial charge < -0.3 is 14.8 Å². The average molecular weight is 266 g/mol. The molecule has 0 aliphatic carbocycles. The molecule has 0 unspecified atom stereocenters. The van der Waals surface area contributed by atoms with Gasteiger partial charge in [0.25, 0.3) is 0 Å². The molecule has 18 heavy (non-hydrogen) atoms. The van der Waals surface area contributed by atoms with E-state index in [4.69, 9.17) is 21.1 Å². The molecule has 6 heteroatoms. The molecule has 2 aromatic rings. The molecule has 2 rings (SSSR count). The monoisotopic (exact) mass is 265 g/mol. The van der Waals surface area contributed by atoms with Crippen molar-refractivity contribution in [2.75, 3.05) is 19.5 Å². The molecule has 0 fully saturated rings. The Labute approximate surface area is 110 Å². The van der Waals surface area contributed by atoms with E-state index in [1.807, 2.05) is 12.1 Å². The molecule has 0 saturated carbocycles. The Morgan fingerprint density at radius 3 is 2.06 bits per heavy atom. The number of rotatable bonds is 4. The van der Waals surface area contributed by atoms with Gasteiger partial charge in [0.05, 0.1) is 31.6 Å². The van der Waals surface area contributed by atoms with Crippen molar-refractivity contribution in [3.8, 4) is 11.5 Å². The molecule has 94 valence electrons. The highest BCUT2D eigenvalue weighted by Gasteiger charge is 2.03. The molecule has 5 nitrogen and oxygen atoms in total. The molecule has 0 aliphatic rings. The Kier molecular flexibility index (Phi) is 3.84. The molecule has 0 radical (unpaired) electrons. The summed E-state index contributed by atoms with van der Waals surface area (Å²) >= 11 is 5.72. The minimum Gasteiger partial charge on any atom is -0.497 e. The van der Waals surface area contributed by atoms with Gasteiger partial charge in [-0.3, -0.25) is 0 Å². The molecule has 0 bridgehead atoms. The maximum atomic E-state index is 5.72. The molecule has 1 aromatic carbocycles. The van der Waals surface area contributed by atoms with Crippen LogP contribution in [0.5, 0.6) is 11.5 Å². The highest BCUT2D eigenvalue weighted by atomic mass is 35.5. The number of methoxy groups -OCH3 is 2. The van der Waals surface area contributed by atoms with Crippen molar-refractivity contribution in [3.05, 3.63) is 35.6 Å². The zero-order chi connectivity index (χ0) is 13.0. The van der Waals surface area contributed by atoms with Crippen LogP contribution in [0.2, 0.25) is 5.02 Å². The summed E-state index contributed by atoms with van der Waals surface area (Å²) in [6.45, 7) is 0. The molecular formula is C12H12ClN3O2. The first-order chi connectivity index (χ1) is 8.71. The van der Waals surface area contributed by atoms with Crippen molar-refractivity contribution in [1.29, 1.82) is 0 Å². The van der Waals surface area contributed by atoms with Crippen molar-refractivity contribution < 1.29 is 9.47 Å². The van der Waals surface area contributed by atoms with E-state index in [-0.39, 0.29) is 0 Å². The van der Waals surface area contributed by atoms with Gasteiger partial charge in [-0.15, -0.1) is 0 Å². The first-order valence-electron chi connectivity index (χ1n) is 5.19. The Hall–Kier alpha value is -2.01. The Balaban J connectivity index is 2.25. The first kappa shape index (κ1) is 12.4. The van der Waals surface area contributed by atoms with Crippen molar-refractivity contribution in [2.24, 2.45) is 0 Å². The number of hydrogen-bond acceptors (Lipinski definition) is 5. The third kappa shape index (κ3) is 3.01. The minimum absolute atomic E-state index is 0.453. The summed E-state index contributed by atoms with van der Waals surface area (Å²) < 4.78 is 10.3. The van der Waals surface area contributed by atoms with Crippen LogP contribution in [-0.2, 0) is 0 Å². The van der Waals surface area contributed by atoms with Crippen LogP contribution in [0, 0.1) is 0 Å². The smallest absolute Gasteiger partial charge is 0.227 e. The van der Waals surface area contributed by atoms with Gasteiger partial charge in [-0.1, -0.05) is 11.6 Å². The molecule has 1 N–H and O–H groups in total. The SMILES string of the molecule is COc1cc(Nc2ncc(Cl)cn2)cc(OC)c1. The van der Waals surface area contributed by atoms with Gasteiger partial charge in [0.1, 0.15) is 11.5 Å². The van der Waals surface area contributed by atoms with Gasteiger partial charge in [0.2, 0.25) is 5.95 Å². The van der Waals surface area contributed by atoms with Gasteiger partial charge in [0, 0.05) is 23.9 Å². The van der Waals surface area contributed by atoms with Crippen LogP contribution in [0.1, 0.15) is 0 Å².